The molecule has 1 aliphatic carbocycles. The third-order valence-corrected chi connectivity index (χ3v) is 2.49. The molecule has 0 aliphatic heterocycles. The Morgan fingerprint density at radius 1 is 1.36 bits per heavy atom. The van der Waals surface area contributed by atoms with E-state index in [0.717, 1.165) is 0 Å². The minimum absolute atomic E-state index is 0.304. The standard InChI is InChI=1S/C10H18O/c1-8-5-6-9(11-4)10(2,3)7-8/h5-6,8-9H,7H2,1-4H3. The lowest BCUT2D eigenvalue weighted by Crippen LogP contribution is -2.33. The van der Waals surface area contributed by atoms with Crippen LogP contribution < -0.4 is 0 Å². The van der Waals surface area contributed by atoms with Gasteiger partial charge < -0.3 is 4.74 Å². The van der Waals surface area contributed by atoms with Crippen molar-refractivity contribution in [3.05, 3.63) is 12.2 Å². The minimum Gasteiger partial charge on any atom is -0.377 e. The average molecular weight is 154 g/mol. The van der Waals surface area contributed by atoms with Gasteiger partial charge in [-0.2, -0.15) is 0 Å². The summed E-state index contributed by atoms with van der Waals surface area (Å²) in [5, 5.41) is 0. The zero-order valence-corrected chi connectivity index (χ0v) is 7.92. The van der Waals surface area contributed by atoms with Crippen LogP contribution in [0.25, 0.3) is 0 Å². The van der Waals surface area contributed by atoms with Crippen LogP contribution in [-0.2, 0) is 4.74 Å². The van der Waals surface area contributed by atoms with Gasteiger partial charge in [0.25, 0.3) is 0 Å². The highest BCUT2D eigenvalue weighted by Gasteiger charge is 2.31. The van der Waals surface area contributed by atoms with Gasteiger partial charge in [0.1, 0.15) is 0 Å². The van der Waals surface area contributed by atoms with Gasteiger partial charge in [-0.05, 0) is 17.8 Å². The summed E-state index contributed by atoms with van der Waals surface area (Å²) >= 11 is 0. The summed E-state index contributed by atoms with van der Waals surface area (Å²) in [6.07, 6.45) is 5.97. The lowest BCUT2D eigenvalue weighted by Gasteiger charge is -2.36. The molecule has 2 atom stereocenters. The normalized spacial score (nSPS) is 35.6. The molecule has 0 saturated heterocycles. The maximum Gasteiger partial charge on any atom is 0.0803 e. The van der Waals surface area contributed by atoms with Crippen molar-refractivity contribution in [1.82, 2.24) is 0 Å². The molecule has 64 valence electrons. The van der Waals surface area contributed by atoms with E-state index in [1.165, 1.54) is 6.42 Å². The second kappa shape index (κ2) is 2.98. The summed E-state index contributed by atoms with van der Waals surface area (Å²) in [6, 6.07) is 0. The summed E-state index contributed by atoms with van der Waals surface area (Å²) in [5.41, 5.74) is 0.308. The molecular formula is C10H18O. The first kappa shape index (κ1) is 8.79. The molecule has 11 heavy (non-hydrogen) atoms. The largest absolute Gasteiger partial charge is 0.377 e. The molecule has 0 bridgehead atoms. The van der Waals surface area contributed by atoms with Gasteiger partial charge in [0, 0.05) is 7.11 Å². The van der Waals surface area contributed by atoms with Crippen LogP contribution >= 0.6 is 0 Å². The molecule has 1 nitrogen and oxygen atoms in total. The Kier molecular flexibility index (Phi) is 2.38. The minimum atomic E-state index is 0.304. The van der Waals surface area contributed by atoms with Gasteiger partial charge in [-0.1, -0.05) is 32.9 Å². The van der Waals surface area contributed by atoms with Crippen molar-refractivity contribution in [3.63, 3.8) is 0 Å². The SMILES string of the molecule is COC1C=CC(C)CC1(C)C. The summed E-state index contributed by atoms with van der Waals surface area (Å²) in [5.74, 6) is 0.705. The second-order valence-corrected chi connectivity index (χ2v) is 4.21. The third kappa shape index (κ3) is 1.84. The van der Waals surface area contributed by atoms with E-state index in [9.17, 15) is 0 Å². The van der Waals surface area contributed by atoms with Gasteiger partial charge in [-0.15, -0.1) is 0 Å². The second-order valence-electron chi connectivity index (χ2n) is 4.21. The van der Waals surface area contributed by atoms with Gasteiger partial charge in [0.05, 0.1) is 6.10 Å². The number of rotatable bonds is 1. The van der Waals surface area contributed by atoms with Crippen molar-refractivity contribution in [2.45, 2.75) is 33.3 Å². The first-order valence-electron chi connectivity index (χ1n) is 4.27. The van der Waals surface area contributed by atoms with E-state index in [4.69, 9.17) is 4.74 Å². The predicted molar refractivity (Wildman–Crippen MR) is 47.5 cm³/mol. The Bertz CT molecular complexity index is 158. The van der Waals surface area contributed by atoms with Crippen LogP contribution in [0, 0.1) is 11.3 Å². The Morgan fingerprint density at radius 3 is 2.45 bits per heavy atom. The van der Waals surface area contributed by atoms with Crippen LogP contribution in [0.15, 0.2) is 12.2 Å². The van der Waals surface area contributed by atoms with Crippen molar-refractivity contribution in [1.29, 1.82) is 0 Å². The molecule has 0 spiro atoms. The first-order chi connectivity index (χ1) is 5.06. The molecule has 1 aliphatic rings. The Balaban J connectivity index is 2.72. The average Bonchev–Trinajstić information content (AvgIpc) is 1.85. The lowest BCUT2D eigenvalue weighted by atomic mass is 9.74. The Hall–Kier alpha value is -0.300. The van der Waals surface area contributed by atoms with E-state index in [-0.39, 0.29) is 0 Å². The number of ether oxygens (including phenoxy) is 1. The summed E-state index contributed by atoms with van der Waals surface area (Å²) in [7, 11) is 1.78. The topological polar surface area (TPSA) is 9.23 Å². The van der Waals surface area contributed by atoms with E-state index in [1.54, 1.807) is 7.11 Å². The van der Waals surface area contributed by atoms with Crippen LogP contribution in [0.1, 0.15) is 27.2 Å². The molecule has 0 fully saturated rings. The van der Waals surface area contributed by atoms with E-state index >= 15 is 0 Å². The molecule has 1 rings (SSSR count). The summed E-state index contributed by atoms with van der Waals surface area (Å²) < 4.78 is 5.37. The molecular weight excluding hydrogens is 136 g/mol. The third-order valence-electron chi connectivity index (χ3n) is 2.49. The van der Waals surface area contributed by atoms with Crippen molar-refractivity contribution >= 4 is 0 Å². The number of hydrogen-bond acceptors (Lipinski definition) is 1. The van der Waals surface area contributed by atoms with E-state index in [1.807, 2.05) is 0 Å². The van der Waals surface area contributed by atoms with Gasteiger partial charge in [-0.25, -0.2) is 0 Å². The zero-order valence-electron chi connectivity index (χ0n) is 7.92. The maximum absolute atomic E-state index is 5.37. The van der Waals surface area contributed by atoms with Crippen molar-refractivity contribution in [2.24, 2.45) is 11.3 Å². The zero-order chi connectivity index (χ0) is 8.48. The highest BCUT2D eigenvalue weighted by Crippen LogP contribution is 2.35. The van der Waals surface area contributed by atoms with E-state index in [2.05, 4.69) is 32.9 Å². The highest BCUT2D eigenvalue weighted by molar-refractivity contribution is 5.05. The van der Waals surface area contributed by atoms with Crippen molar-refractivity contribution < 1.29 is 4.74 Å². The molecule has 0 N–H and O–H groups in total. The van der Waals surface area contributed by atoms with Crippen molar-refractivity contribution in [3.8, 4) is 0 Å². The molecule has 0 saturated carbocycles. The number of hydrogen-bond donors (Lipinski definition) is 0. The lowest BCUT2D eigenvalue weighted by molar-refractivity contribution is 0.0248. The highest BCUT2D eigenvalue weighted by atomic mass is 16.5. The van der Waals surface area contributed by atoms with Gasteiger partial charge in [0.15, 0.2) is 0 Å². The summed E-state index contributed by atoms with van der Waals surface area (Å²) in [4.78, 5) is 0. The first-order valence-corrected chi connectivity index (χ1v) is 4.27. The van der Waals surface area contributed by atoms with Gasteiger partial charge >= 0.3 is 0 Å². The monoisotopic (exact) mass is 154 g/mol. The Morgan fingerprint density at radius 2 is 2.00 bits per heavy atom. The number of methoxy groups -OCH3 is 1. The molecule has 0 aromatic heterocycles. The maximum atomic E-state index is 5.37. The summed E-state index contributed by atoms with van der Waals surface area (Å²) in [6.45, 7) is 6.78. The fourth-order valence-corrected chi connectivity index (χ4v) is 1.96. The molecule has 0 aromatic rings. The molecule has 2 unspecified atom stereocenters. The Labute approximate surface area is 69.4 Å². The van der Waals surface area contributed by atoms with Crippen LogP contribution in [0.5, 0.6) is 0 Å². The predicted octanol–water partition coefficient (Wildman–Crippen LogP) is 2.62. The van der Waals surface area contributed by atoms with Gasteiger partial charge in [0.2, 0.25) is 0 Å². The van der Waals surface area contributed by atoms with E-state index < -0.39 is 0 Å². The van der Waals surface area contributed by atoms with Crippen LogP contribution in [0.2, 0.25) is 0 Å². The van der Waals surface area contributed by atoms with Gasteiger partial charge in [-0.3, -0.25) is 0 Å². The van der Waals surface area contributed by atoms with Crippen LogP contribution in [-0.4, -0.2) is 13.2 Å². The van der Waals surface area contributed by atoms with Crippen LogP contribution in [0.3, 0.4) is 0 Å². The van der Waals surface area contributed by atoms with E-state index in [0.29, 0.717) is 17.4 Å². The fraction of sp³-hybridized carbons (Fsp3) is 0.800. The van der Waals surface area contributed by atoms with Crippen molar-refractivity contribution in [2.75, 3.05) is 7.11 Å². The fourth-order valence-electron chi connectivity index (χ4n) is 1.96. The quantitative estimate of drug-likeness (QED) is 0.527. The molecule has 0 amide bonds. The molecule has 0 heterocycles. The number of allylic oxidation sites excluding steroid dienone is 1. The van der Waals surface area contributed by atoms with Crippen LogP contribution in [0.4, 0.5) is 0 Å². The molecule has 0 aromatic carbocycles. The molecule has 0 radical (unpaired) electrons. The smallest absolute Gasteiger partial charge is 0.0803 e. The molecule has 1 heteroatoms.